The molecule has 2 rings (SSSR count). The molecule has 1 heterocycles. The minimum atomic E-state index is -0.477. The van der Waals surface area contributed by atoms with Crippen molar-refractivity contribution >= 4 is 11.8 Å². The summed E-state index contributed by atoms with van der Waals surface area (Å²) < 4.78 is 5.29. The Hall–Kier alpha value is -1.75. The van der Waals surface area contributed by atoms with Crippen LogP contribution in [0.3, 0.4) is 0 Å². The van der Waals surface area contributed by atoms with Gasteiger partial charge in [0.1, 0.15) is 5.60 Å². The Kier molecular flexibility index (Phi) is 6.28. The summed E-state index contributed by atoms with van der Waals surface area (Å²) in [6, 6.07) is 8.60. The number of carbonyl (C=O) groups excluding carboxylic acids is 1. The van der Waals surface area contributed by atoms with Crippen LogP contribution in [0.4, 0.5) is 10.5 Å². The Labute approximate surface area is 139 Å². The highest BCUT2D eigenvalue weighted by Crippen LogP contribution is 2.19. The van der Waals surface area contributed by atoms with Crippen LogP contribution in [-0.2, 0) is 11.3 Å². The first-order valence-corrected chi connectivity index (χ1v) is 8.46. The lowest BCUT2D eigenvalue weighted by atomic mass is 10.1. The van der Waals surface area contributed by atoms with Crippen molar-refractivity contribution in [2.24, 2.45) is 0 Å². The summed E-state index contributed by atoms with van der Waals surface area (Å²) in [5.74, 6) is 0. The second kappa shape index (κ2) is 8.20. The van der Waals surface area contributed by atoms with E-state index in [1.807, 2.05) is 39.0 Å². The number of alkyl carbamates (subject to hydrolysis) is 1. The van der Waals surface area contributed by atoms with Crippen molar-refractivity contribution in [2.75, 3.05) is 18.4 Å². The van der Waals surface area contributed by atoms with E-state index in [9.17, 15) is 4.79 Å². The Bertz CT molecular complexity index is 503. The van der Waals surface area contributed by atoms with Crippen LogP contribution in [0, 0.1) is 0 Å². The SMILES string of the molecule is CC(C)(C)OC(=O)NCc1ccccc1NC1CCCNCC1. The highest BCUT2D eigenvalue weighted by molar-refractivity contribution is 5.68. The van der Waals surface area contributed by atoms with E-state index in [0.29, 0.717) is 12.6 Å². The number of nitrogens with one attached hydrogen (secondary N) is 3. The number of ether oxygens (including phenoxy) is 1. The monoisotopic (exact) mass is 319 g/mol. The minimum Gasteiger partial charge on any atom is -0.444 e. The lowest BCUT2D eigenvalue weighted by Gasteiger charge is -2.22. The number of hydrogen-bond donors (Lipinski definition) is 3. The second-order valence-corrected chi connectivity index (χ2v) is 7.03. The largest absolute Gasteiger partial charge is 0.444 e. The molecule has 1 fully saturated rings. The fourth-order valence-corrected chi connectivity index (χ4v) is 2.68. The van der Waals surface area contributed by atoms with E-state index < -0.39 is 5.60 Å². The summed E-state index contributed by atoms with van der Waals surface area (Å²) in [6.45, 7) is 8.20. The summed E-state index contributed by atoms with van der Waals surface area (Å²) >= 11 is 0. The molecule has 5 heteroatoms. The van der Waals surface area contributed by atoms with Crippen molar-refractivity contribution in [2.45, 2.75) is 58.2 Å². The first-order chi connectivity index (χ1) is 10.9. The van der Waals surface area contributed by atoms with Crippen molar-refractivity contribution in [3.63, 3.8) is 0 Å². The van der Waals surface area contributed by atoms with Crippen LogP contribution in [0.1, 0.15) is 45.6 Å². The van der Waals surface area contributed by atoms with Gasteiger partial charge in [0, 0.05) is 18.3 Å². The number of para-hydroxylation sites is 1. The molecule has 1 saturated heterocycles. The third-order valence-corrected chi connectivity index (χ3v) is 3.77. The quantitative estimate of drug-likeness (QED) is 0.797. The van der Waals surface area contributed by atoms with Gasteiger partial charge in [-0.3, -0.25) is 0 Å². The molecule has 1 amide bonds. The maximum absolute atomic E-state index is 11.8. The molecule has 128 valence electrons. The smallest absolute Gasteiger partial charge is 0.407 e. The van der Waals surface area contributed by atoms with Gasteiger partial charge in [0.15, 0.2) is 0 Å². The van der Waals surface area contributed by atoms with E-state index in [-0.39, 0.29) is 6.09 Å². The zero-order chi connectivity index (χ0) is 16.7. The van der Waals surface area contributed by atoms with Gasteiger partial charge in [-0.2, -0.15) is 0 Å². The molecule has 1 aliphatic rings. The average molecular weight is 319 g/mol. The number of carbonyl (C=O) groups is 1. The highest BCUT2D eigenvalue weighted by atomic mass is 16.6. The van der Waals surface area contributed by atoms with Crippen LogP contribution >= 0.6 is 0 Å². The lowest BCUT2D eigenvalue weighted by Crippen LogP contribution is -2.32. The molecule has 5 nitrogen and oxygen atoms in total. The average Bonchev–Trinajstić information content (AvgIpc) is 2.73. The van der Waals surface area contributed by atoms with E-state index in [0.717, 1.165) is 30.8 Å². The molecule has 0 saturated carbocycles. The maximum atomic E-state index is 11.8. The number of benzene rings is 1. The normalized spacial score (nSPS) is 18.8. The lowest BCUT2D eigenvalue weighted by molar-refractivity contribution is 0.0523. The predicted molar refractivity (Wildman–Crippen MR) is 93.6 cm³/mol. The Morgan fingerprint density at radius 2 is 2.04 bits per heavy atom. The summed E-state index contributed by atoms with van der Waals surface area (Å²) in [7, 11) is 0. The first-order valence-electron chi connectivity index (χ1n) is 8.46. The van der Waals surface area contributed by atoms with Crippen LogP contribution in [-0.4, -0.2) is 30.8 Å². The molecule has 1 unspecified atom stereocenters. The molecular formula is C18H29N3O2. The molecule has 1 aromatic rings. The molecule has 0 bridgehead atoms. The van der Waals surface area contributed by atoms with Gasteiger partial charge in [-0.15, -0.1) is 0 Å². The third kappa shape index (κ3) is 6.48. The van der Waals surface area contributed by atoms with Gasteiger partial charge in [0.05, 0.1) is 0 Å². The maximum Gasteiger partial charge on any atom is 0.407 e. The fraction of sp³-hybridized carbons (Fsp3) is 0.611. The van der Waals surface area contributed by atoms with Crippen LogP contribution in [0.5, 0.6) is 0 Å². The zero-order valence-corrected chi connectivity index (χ0v) is 14.4. The van der Waals surface area contributed by atoms with Gasteiger partial charge in [-0.1, -0.05) is 18.2 Å². The minimum absolute atomic E-state index is 0.383. The zero-order valence-electron chi connectivity index (χ0n) is 14.4. The predicted octanol–water partition coefficient (Wildman–Crippen LogP) is 3.27. The number of anilines is 1. The van der Waals surface area contributed by atoms with Crippen LogP contribution in [0.15, 0.2) is 24.3 Å². The van der Waals surface area contributed by atoms with E-state index in [2.05, 4.69) is 22.0 Å². The summed E-state index contributed by atoms with van der Waals surface area (Å²) in [4.78, 5) is 11.8. The van der Waals surface area contributed by atoms with E-state index >= 15 is 0 Å². The molecule has 3 N–H and O–H groups in total. The summed E-state index contributed by atoms with van der Waals surface area (Å²) in [5.41, 5.74) is 1.70. The molecule has 1 aliphatic heterocycles. The standard InChI is InChI=1S/C18H29N3O2/c1-18(2,3)23-17(22)20-13-14-7-4-5-9-16(14)21-15-8-6-11-19-12-10-15/h4-5,7,9,15,19,21H,6,8,10-13H2,1-3H3,(H,20,22). The Morgan fingerprint density at radius 3 is 2.83 bits per heavy atom. The van der Waals surface area contributed by atoms with Crippen molar-refractivity contribution in [3.8, 4) is 0 Å². The molecule has 0 aliphatic carbocycles. The van der Waals surface area contributed by atoms with E-state index in [1.165, 1.54) is 12.8 Å². The molecular weight excluding hydrogens is 290 g/mol. The molecule has 23 heavy (non-hydrogen) atoms. The van der Waals surface area contributed by atoms with Gasteiger partial charge in [-0.25, -0.2) is 4.79 Å². The van der Waals surface area contributed by atoms with Crippen molar-refractivity contribution in [1.29, 1.82) is 0 Å². The fourth-order valence-electron chi connectivity index (χ4n) is 2.68. The van der Waals surface area contributed by atoms with Gasteiger partial charge in [-0.05, 0) is 64.8 Å². The van der Waals surface area contributed by atoms with E-state index in [1.54, 1.807) is 0 Å². The van der Waals surface area contributed by atoms with Crippen LogP contribution < -0.4 is 16.0 Å². The number of hydrogen-bond acceptors (Lipinski definition) is 4. The highest BCUT2D eigenvalue weighted by Gasteiger charge is 2.17. The molecule has 1 atom stereocenters. The topological polar surface area (TPSA) is 62.4 Å². The van der Waals surface area contributed by atoms with Gasteiger partial charge < -0.3 is 20.7 Å². The van der Waals surface area contributed by atoms with Crippen molar-refractivity contribution in [3.05, 3.63) is 29.8 Å². The molecule has 0 aromatic heterocycles. The van der Waals surface area contributed by atoms with Crippen molar-refractivity contribution < 1.29 is 9.53 Å². The second-order valence-electron chi connectivity index (χ2n) is 7.03. The Balaban J connectivity index is 1.93. The van der Waals surface area contributed by atoms with Crippen molar-refractivity contribution in [1.82, 2.24) is 10.6 Å². The number of rotatable bonds is 4. The van der Waals surface area contributed by atoms with Gasteiger partial charge in [0.2, 0.25) is 0 Å². The summed E-state index contributed by atoms with van der Waals surface area (Å²) in [5, 5.41) is 9.89. The molecule has 0 spiro atoms. The summed E-state index contributed by atoms with van der Waals surface area (Å²) in [6.07, 6.45) is 3.09. The molecule has 1 aromatic carbocycles. The third-order valence-electron chi connectivity index (χ3n) is 3.77. The van der Waals surface area contributed by atoms with E-state index in [4.69, 9.17) is 4.74 Å². The van der Waals surface area contributed by atoms with Crippen LogP contribution in [0.25, 0.3) is 0 Å². The van der Waals surface area contributed by atoms with Gasteiger partial charge in [0.25, 0.3) is 0 Å². The first kappa shape index (κ1) is 17.6. The molecule has 0 radical (unpaired) electrons. The number of amides is 1. The van der Waals surface area contributed by atoms with Crippen LogP contribution in [0.2, 0.25) is 0 Å². The van der Waals surface area contributed by atoms with Gasteiger partial charge >= 0.3 is 6.09 Å². The Morgan fingerprint density at radius 1 is 1.26 bits per heavy atom.